The van der Waals surface area contributed by atoms with Crippen LogP contribution in [0.25, 0.3) is 0 Å². The minimum Gasteiger partial charge on any atom is -0.342 e. The van der Waals surface area contributed by atoms with Gasteiger partial charge in [0.15, 0.2) is 11.6 Å². The average molecular weight is 300 g/mol. The zero-order valence-electron chi connectivity index (χ0n) is 11.4. The molecule has 6 heteroatoms. The van der Waals surface area contributed by atoms with Crippen LogP contribution < -0.4 is 5.32 Å². The van der Waals surface area contributed by atoms with Crippen LogP contribution in [-0.2, 0) is 4.79 Å². The van der Waals surface area contributed by atoms with Crippen LogP contribution in [0.2, 0.25) is 0 Å². The number of carbonyl (C=O) groups excluding carboxylic acids is 1. The van der Waals surface area contributed by atoms with Crippen LogP contribution in [0.5, 0.6) is 0 Å². The van der Waals surface area contributed by atoms with E-state index in [2.05, 4.69) is 5.32 Å². The van der Waals surface area contributed by atoms with Crippen LogP contribution >= 0.6 is 11.8 Å². The highest BCUT2D eigenvalue weighted by Crippen LogP contribution is 2.22. The van der Waals surface area contributed by atoms with E-state index in [-0.39, 0.29) is 11.7 Å². The Labute approximate surface area is 121 Å². The third-order valence-electron chi connectivity index (χ3n) is 3.38. The Morgan fingerprint density at radius 2 is 2.25 bits per heavy atom. The van der Waals surface area contributed by atoms with Crippen molar-refractivity contribution in [3.05, 3.63) is 29.8 Å². The van der Waals surface area contributed by atoms with Crippen LogP contribution in [0.3, 0.4) is 0 Å². The number of thioether (sulfide) groups is 1. The topological polar surface area (TPSA) is 32.3 Å². The van der Waals surface area contributed by atoms with Crippen molar-refractivity contribution in [2.75, 3.05) is 32.4 Å². The molecule has 20 heavy (non-hydrogen) atoms. The minimum absolute atomic E-state index is 0.0540. The summed E-state index contributed by atoms with van der Waals surface area (Å²) in [5, 5.41) is 3.12. The third kappa shape index (κ3) is 3.93. The quantitative estimate of drug-likeness (QED) is 0.846. The molecular weight excluding hydrogens is 282 g/mol. The van der Waals surface area contributed by atoms with E-state index in [1.54, 1.807) is 0 Å². The molecule has 1 aliphatic heterocycles. The molecule has 3 nitrogen and oxygen atoms in total. The standard InChI is InChI=1S/C14H18F2N2OS/c1-17-7-10-4-5-18(8-10)14(19)9-20-11-2-3-12(15)13(16)6-11/h2-3,6,10,17H,4-5,7-9H2,1H3. The van der Waals surface area contributed by atoms with Gasteiger partial charge in [0.1, 0.15) is 0 Å². The predicted octanol–water partition coefficient (Wildman–Crippen LogP) is 2.12. The van der Waals surface area contributed by atoms with E-state index in [1.165, 1.54) is 17.8 Å². The summed E-state index contributed by atoms with van der Waals surface area (Å²) in [6.45, 7) is 2.47. The number of halogens is 2. The first-order valence-electron chi connectivity index (χ1n) is 6.60. The fourth-order valence-corrected chi connectivity index (χ4v) is 3.14. The SMILES string of the molecule is CNCC1CCN(C(=O)CSc2ccc(F)c(F)c2)C1. The number of benzene rings is 1. The maximum Gasteiger partial charge on any atom is 0.232 e. The second-order valence-corrected chi connectivity index (χ2v) is 5.97. The predicted molar refractivity (Wildman–Crippen MR) is 75.7 cm³/mol. The first-order chi connectivity index (χ1) is 9.60. The Morgan fingerprint density at radius 3 is 2.95 bits per heavy atom. The minimum atomic E-state index is -0.877. The first-order valence-corrected chi connectivity index (χ1v) is 7.59. The lowest BCUT2D eigenvalue weighted by Crippen LogP contribution is -2.31. The van der Waals surface area contributed by atoms with Crippen molar-refractivity contribution in [2.45, 2.75) is 11.3 Å². The van der Waals surface area contributed by atoms with Gasteiger partial charge in [0.05, 0.1) is 5.75 Å². The molecule has 1 fully saturated rings. The molecule has 0 saturated carbocycles. The van der Waals surface area contributed by atoms with Crippen LogP contribution in [-0.4, -0.2) is 43.2 Å². The van der Waals surface area contributed by atoms with Gasteiger partial charge in [-0.25, -0.2) is 8.78 Å². The molecule has 1 amide bonds. The molecule has 1 atom stereocenters. The summed E-state index contributed by atoms with van der Waals surface area (Å²) in [6.07, 6.45) is 1.02. The zero-order chi connectivity index (χ0) is 14.5. The Balaban J connectivity index is 1.82. The molecule has 1 aromatic carbocycles. The number of nitrogens with zero attached hydrogens (tertiary/aromatic N) is 1. The van der Waals surface area contributed by atoms with Crippen molar-refractivity contribution in [1.82, 2.24) is 10.2 Å². The lowest BCUT2D eigenvalue weighted by molar-refractivity contribution is -0.127. The number of likely N-dealkylation sites (tertiary alicyclic amines) is 1. The molecule has 1 aliphatic rings. The normalized spacial score (nSPS) is 18.6. The summed E-state index contributed by atoms with van der Waals surface area (Å²) in [4.78, 5) is 14.5. The maximum absolute atomic E-state index is 13.0. The molecule has 0 bridgehead atoms. The smallest absolute Gasteiger partial charge is 0.232 e. The molecule has 0 radical (unpaired) electrons. The highest BCUT2D eigenvalue weighted by Gasteiger charge is 2.25. The highest BCUT2D eigenvalue weighted by atomic mass is 32.2. The molecule has 1 aromatic rings. The molecule has 1 unspecified atom stereocenters. The molecular formula is C14H18F2N2OS. The Kier molecular flexibility index (Phi) is 5.37. The van der Waals surface area contributed by atoms with E-state index >= 15 is 0 Å². The summed E-state index contributed by atoms with van der Waals surface area (Å²) in [5.74, 6) is -0.916. The van der Waals surface area contributed by atoms with Crippen LogP contribution in [0.15, 0.2) is 23.1 Å². The lowest BCUT2D eigenvalue weighted by Gasteiger charge is -2.16. The van der Waals surface area contributed by atoms with Crippen molar-refractivity contribution >= 4 is 17.7 Å². The molecule has 0 aromatic heterocycles. The average Bonchev–Trinajstić information content (AvgIpc) is 2.89. The molecule has 1 heterocycles. The second-order valence-electron chi connectivity index (χ2n) is 4.92. The van der Waals surface area contributed by atoms with Crippen LogP contribution in [0.1, 0.15) is 6.42 Å². The second kappa shape index (κ2) is 7.04. The van der Waals surface area contributed by atoms with Crippen molar-refractivity contribution < 1.29 is 13.6 Å². The lowest BCUT2D eigenvalue weighted by atomic mass is 10.1. The Hall–Kier alpha value is -1.14. The number of hydrogen-bond acceptors (Lipinski definition) is 3. The van der Waals surface area contributed by atoms with Gasteiger partial charge < -0.3 is 10.2 Å². The van der Waals surface area contributed by atoms with Crippen molar-refractivity contribution in [3.63, 3.8) is 0 Å². The van der Waals surface area contributed by atoms with Gasteiger partial charge in [0, 0.05) is 18.0 Å². The number of amides is 1. The monoisotopic (exact) mass is 300 g/mol. The number of nitrogens with one attached hydrogen (secondary N) is 1. The van der Waals surface area contributed by atoms with Gasteiger partial charge in [-0.2, -0.15) is 0 Å². The van der Waals surface area contributed by atoms with Gasteiger partial charge in [0.2, 0.25) is 5.91 Å². The number of rotatable bonds is 5. The largest absolute Gasteiger partial charge is 0.342 e. The van der Waals surface area contributed by atoms with Gasteiger partial charge in [-0.05, 0) is 44.1 Å². The van der Waals surface area contributed by atoms with Crippen LogP contribution in [0, 0.1) is 17.6 Å². The van der Waals surface area contributed by atoms with E-state index < -0.39 is 11.6 Å². The summed E-state index contributed by atoms with van der Waals surface area (Å²) >= 11 is 1.24. The molecule has 0 aliphatic carbocycles. The molecule has 0 spiro atoms. The van der Waals surface area contributed by atoms with E-state index in [4.69, 9.17) is 0 Å². The van der Waals surface area contributed by atoms with Crippen molar-refractivity contribution in [1.29, 1.82) is 0 Å². The van der Waals surface area contributed by atoms with Gasteiger partial charge in [0.25, 0.3) is 0 Å². The summed E-state index contributed by atoms with van der Waals surface area (Å²) < 4.78 is 25.8. The molecule has 110 valence electrons. The summed E-state index contributed by atoms with van der Waals surface area (Å²) in [6, 6.07) is 3.70. The number of carbonyl (C=O) groups is 1. The molecule has 1 saturated heterocycles. The third-order valence-corrected chi connectivity index (χ3v) is 4.36. The fraction of sp³-hybridized carbons (Fsp3) is 0.500. The van der Waals surface area contributed by atoms with Crippen LogP contribution in [0.4, 0.5) is 8.78 Å². The van der Waals surface area contributed by atoms with Gasteiger partial charge in [-0.15, -0.1) is 11.8 Å². The first kappa shape index (κ1) is 15.3. The molecule has 1 N–H and O–H groups in total. The maximum atomic E-state index is 13.0. The van der Waals surface area contributed by atoms with E-state index in [0.29, 0.717) is 10.8 Å². The summed E-state index contributed by atoms with van der Waals surface area (Å²) in [7, 11) is 1.91. The zero-order valence-corrected chi connectivity index (χ0v) is 12.2. The molecule has 2 rings (SSSR count). The van der Waals surface area contributed by atoms with E-state index in [0.717, 1.165) is 38.2 Å². The van der Waals surface area contributed by atoms with E-state index in [9.17, 15) is 13.6 Å². The Bertz CT molecular complexity index is 484. The fourth-order valence-electron chi connectivity index (χ4n) is 2.32. The van der Waals surface area contributed by atoms with Gasteiger partial charge >= 0.3 is 0 Å². The Morgan fingerprint density at radius 1 is 1.45 bits per heavy atom. The van der Waals surface area contributed by atoms with Gasteiger partial charge in [-0.1, -0.05) is 0 Å². The highest BCUT2D eigenvalue weighted by molar-refractivity contribution is 8.00. The van der Waals surface area contributed by atoms with Crippen molar-refractivity contribution in [2.24, 2.45) is 5.92 Å². The number of hydrogen-bond donors (Lipinski definition) is 1. The summed E-state index contributed by atoms with van der Waals surface area (Å²) in [5.41, 5.74) is 0. The van der Waals surface area contributed by atoms with E-state index in [1.807, 2.05) is 11.9 Å². The van der Waals surface area contributed by atoms with Crippen molar-refractivity contribution in [3.8, 4) is 0 Å². The van der Waals surface area contributed by atoms with Gasteiger partial charge in [-0.3, -0.25) is 4.79 Å².